The summed E-state index contributed by atoms with van der Waals surface area (Å²) < 4.78 is 16.0. The van der Waals surface area contributed by atoms with Crippen LogP contribution in [0.25, 0.3) is 0 Å². The van der Waals surface area contributed by atoms with Gasteiger partial charge in [-0.05, 0) is 56.7 Å². The van der Waals surface area contributed by atoms with E-state index in [1.807, 2.05) is 62.1 Å². The molecule has 25 heavy (non-hydrogen) atoms. The lowest BCUT2D eigenvalue weighted by atomic mass is 10.0. The monoisotopic (exact) mass is 341 g/mol. The smallest absolute Gasteiger partial charge is 0.254 e. The molecular formula is C20H23NO4. The lowest BCUT2D eigenvalue weighted by Crippen LogP contribution is -2.45. The standard InChI is InChI=1S/C20H23NO4/c1-20(2,3)21(19(22)15-6-5-7-16(11-15)23-4)12-14-8-9-17-18(10-14)25-13-24-17/h5-11H,12-13H2,1-4H3. The fourth-order valence-corrected chi connectivity index (χ4v) is 2.75. The largest absolute Gasteiger partial charge is 0.497 e. The summed E-state index contributed by atoms with van der Waals surface area (Å²) in [5.41, 5.74) is 1.27. The summed E-state index contributed by atoms with van der Waals surface area (Å²) in [4.78, 5) is 15.0. The second kappa shape index (κ2) is 6.67. The minimum atomic E-state index is -0.337. The molecule has 1 aliphatic rings. The number of methoxy groups -OCH3 is 1. The first-order valence-corrected chi connectivity index (χ1v) is 8.23. The van der Waals surface area contributed by atoms with E-state index in [1.165, 1.54) is 0 Å². The van der Waals surface area contributed by atoms with Crippen molar-refractivity contribution in [2.24, 2.45) is 0 Å². The van der Waals surface area contributed by atoms with Crippen molar-refractivity contribution in [3.8, 4) is 17.2 Å². The van der Waals surface area contributed by atoms with Crippen LogP contribution in [-0.2, 0) is 6.54 Å². The Labute approximate surface area is 148 Å². The van der Waals surface area contributed by atoms with Gasteiger partial charge in [-0.3, -0.25) is 4.79 Å². The molecule has 0 atom stereocenters. The Bertz CT molecular complexity index is 780. The molecule has 1 heterocycles. The maximum Gasteiger partial charge on any atom is 0.254 e. The highest BCUT2D eigenvalue weighted by Gasteiger charge is 2.28. The molecule has 0 radical (unpaired) electrons. The van der Waals surface area contributed by atoms with Crippen molar-refractivity contribution >= 4 is 5.91 Å². The summed E-state index contributed by atoms with van der Waals surface area (Å²) in [7, 11) is 1.59. The Balaban J connectivity index is 1.88. The number of carbonyl (C=O) groups excluding carboxylic acids is 1. The van der Waals surface area contributed by atoms with Crippen LogP contribution in [-0.4, -0.2) is 30.2 Å². The van der Waals surface area contributed by atoms with Gasteiger partial charge in [0.25, 0.3) is 5.91 Å². The van der Waals surface area contributed by atoms with Gasteiger partial charge in [-0.25, -0.2) is 0 Å². The quantitative estimate of drug-likeness (QED) is 0.847. The number of amides is 1. The van der Waals surface area contributed by atoms with E-state index in [-0.39, 0.29) is 18.2 Å². The van der Waals surface area contributed by atoms with Gasteiger partial charge in [-0.2, -0.15) is 0 Å². The molecular weight excluding hydrogens is 318 g/mol. The van der Waals surface area contributed by atoms with Gasteiger partial charge in [0.1, 0.15) is 5.75 Å². The number of nitrogens with zero attached hydrogens (tertiary/aromatic N) is 1. The minimum Gasteiger partial charge on any atom is -0.497 e. The van der Waals surface area contributed by atoms with E-state index in [0.717, 1.165) is 17.1 Å². The van der Waals surface area contributed by atoms with Crippen molar-refractivity contribution in [1.82, 2.24) is 4.90 Å². The third kappa shape index (κ3) is 3.71. The second-order valence-electron chi connectivity index (χ2n) is 6.98. The molecule has 0 saturated carbocycles. The van der Waals surface area contributed by atoms with Crippen molar-refractivity contribution < 1.29 is 19.0 Å². The van der Waals surface area contributed by atoms with E-state index >= 15 is 0 Å². The van der Waals surface area contributed by atoms with Crippen LogP contribution < -0.4 is 14.2 Å². The zero-order valence-electron chi connectivity index (χ0n) is 15.0. The molecule has 0 aromatic heterocycles. The Hall–Kier alpha value is -2.69. The highest BCUT2D eigenvalue weighted by Crippen LogP contribution is 2.33. The van der Waals surface area contributed by atoms with Gasteiger partial charge in [0.2, 0.25) is 6.79 Å². The molecule has 0 spiro atoms. The first-order valence-electron chi connectivity index (χ1n) is 8.23. The SMILES string of the molecule is COc1cccc(C(=O)N(Cc2ccc3c(c2)OCO3)C(C)(C)C)c1. The molecule has 0 unspecified atom stereocenters. The van der Waals surface area contributed by atoms with Gasteiger partial charge in [0.05, 0.1) is 7.11 Å². The molecule has 5 nitrogen and oxygen atoms in total. The summed E-state index contributed by atoms with van der Waals surface area (Å²) in [6.45, 7) is 6.80. The van der Waals surface area contributed by atoms with Crippen molar-refractivity contribution in [2.75, 3.05) is 13.9 Å². The normalized spacial score (nSPS) is 12.8. The molecule has 0 aliphatic carbocycles. The summed E-state index contributed by atoms with van der Waals surface area (Å²) in [6.07, 6.45) is 0. The average Bonchev–Trinajstić information content (AvgIpc) is 3.06. The Morgan fingerprint density at radius 1 is 1.12 bits per heavy atom. The molecule has 132 valence electrons. The molecule has 0 N–H and O–H groups in total. The molecule has 5 heteroatoms. The number of ether oxygens (including phenoxy) is 3. The molecule has 0 bridgehead atoms. The van der Waals surface area contributed by atoms with E-state index in [1.54, 1.807) is 13.2 Å². The third-order valence-corrected chi connectivity index (χ3v) is 4.15. The first-order chi connectivity index (χ1) is 11.9. The van der Waals surface area contributed by atoms with Crippen molar-refractivity contribution in [3.63, 3.8) is 0 Å². The Morgan fingerprint density at radius 3 is 2.60 bits per heavy atom. The number of hydrogen-bond acceptors (Lipinski definition) is 4. The van der Waals surface area contributed by atoms with Gasteiger partial charge in [-0.1, -0.05) is 12.1 Å². The zero-order valence-corrected chi connectivity index (χ0v) is 15.0. The van der Waals surface area contributed by atoms with Gasteiger partial charge >= 0.3 is 0 Å². The lowest BCUT2D eigenvalue weighted by Gasteiger charge is -2.36. The van der Waals surface area contributed by atoms with E-state index < -0.39 is 0 Å². The molecule has 0 saturated heterocycles. The minimum absolute atomic E-state index is 0.0379. The number of fused-ring (bicyclic) bond motifs is 1. The maximum absolute atomic E-state index is 13.1. The summed E-state index contributed by atoms with van der Waals surface area (Å²) in [6, 6.07) is 13.0. The topological polar surface area (TPSA) is 48.0 Å². The van der Waals surface area contributed by atoms with Crippen LogP contribution in [0.3, 0.4) is 0 Å². The van der Waals surface area contributed by atoms with Crippen LogP contribution in [0, 0.1) is 0 Å². The van der Waals surface area contributed by atoms with Crippen LogP contribution in [0.15, 0.2) is 42.5 Å². The summed E-state index contributed by atoms with van der Waals surface area (Å²) in [5, 5.41) is 0. The van der Waals surface area contributed by atoms with Crippen LogP contribution in [0.4, 0.5) is 0 Å². The van der Waals surface area contributed by atoms with Crippen LogP contribution in [0.5, 0.6) is 17.2 Å². The molecule has 0 fully saturated rings. The highest BCUT2D eigenvalue weighted by atomic mass is 16.7. The maximum atomic E-state index is 13.1. The summed E-state index contributed by atoms with van der Waals surface area (Å²) >= 11 is 0. The molecule has 1 aliphatic heterocycles. The van der Waals surface area contributed by atoms with Crippen LogP contribution >= 0.6 is 0 Å². The molecule has 3 rings (SSSR count). The van der Waals surface area contributed by atoms with Crippen LogP contribution in [0.1, 0.15) is 36.7 Å². The second-order valence-corrected chi connectivity index (χ2v) is 6.98. The Kier molecular flexibility index (Phi) is 4.57. The van der Waals surface area contributed by atoms with E-state index in [2.05, 4.69) is 0 Å². The van der Waals surface area contributed by atoms with Gasteiger partial charge in [-0.15, -0.1) is 0 Å². The van der Waals surface area contributed by atoms with Crippen molar-refractivity contribution in [1.29, 1.82) is 0 Å². The van der Waals surface area contributed by atoms with Crippen LogP contribution in [0.2, 0.25) is 0 Å². The van der Waals surface area contributed by atoms with Crippen molar-refractivity contribution in [3.05, 3.63) is 53.6 Å². The highest BCUT2D eigenvalue weighted by molar-refractivity contribution is 5.95. The number of hydrogen-bond donors (Lipinski definition) is 0. The summed E-state index contributed by atoms with van der Waals surface area (Å²) in [5.74, 6) is 2.09. The molecule has 2 aromatic carbocycles. The van der Waals surface area contributed by atoms with Gasteiger partial charge < -0.3 is 19.1 Å². The van der Waals surface area contributed by atoms with Crippen molar-refractivity contribution in [2.45, 2.75) is 32.9 Å². The fourth-order valence-electron chi connectivity index (χ4n) is 2.75. The Morgan fingerprint density at radius 2 is 1.88 bits per heavy atom. The number of carbonyl (C=O) groups is 1. The number of benzene rings is 2. The molecule has 1 amide bonds. The fraction of sp³-hybridized carbons (Fsp3) is 0.350. The molecule has 2 aromatic rings. The van der Waals surface area contributed by atoms with Gasteiger partial charge in [0.15, 0.2) is 11.5 Å². The zero-order chi connectivity index (χ0) is 18.0. The lowest BCUT2D eigenvalue weighted by molar-refractivity contribution is 0.0558. The predicted octanol–water partition coefficient (Wildman–Crippen LogP) is 3.86. The predicted molar refractivity (Wildman–Crippen MR) is 95.2 cm³/mol. The van der Waals surface area contributed by atoms with Gasteiger partial charge in [0, 0.05) is 17.6 Å². The number of rotatable bonds is 4. The average molecular weight is 341 g/mol. The first kappa shape index (κ1) is 17.1. The van der Waals surface area contributed by atoms with E-state index in [9.17, 15) is 4.79 Å². The third-order valence-electron chi connectivity index (χ3n) is 4.15. The van der Waals surface area contributed by atoms with E-state index in [4.69, 9.17) is 14.2 Å². The van der Waals surface area contributed by atoms with E-state index in [0.29, 0.717) is 17.9 Å².